The largest absolute Gasteiger partial charge is 0.382 e. The number of carbonyl (C=O) groups is 1. The molecule has 0 fully saturated rings. The summed E-state index contributed by atoms with van der Waals surface area (Å²) in [5.74, 6) is 0.324. The second-order valence-corrected chi connectivity index (χ2v) is 1.90. The van der Waals surface area contributed by atoms with E-state index >= 15 is 0 Å². The van der Waals surface area contributed by atoms with Crippen molar-refractivity contribution in [3.63, 3.8) is 0 Å². The highest BCUT2D eigenvalue weighted by molar-refractivity contribution is 7.04. The van der Waals surface area contributed by atoms with E-state index < -0.39 is 0 Å². The first-order valence-corrected chi connectivity index (χ1v) is 2.83. The van der Waals surface area contributed by atoms with Crippen molar-refractivity contribution in [3.8, 4) is 0 Å². The Hall–Kier alpha value is -0.900. The van der Waals surface area contributed by atoms with Crippen LogP contribution in [0.25, 0.3) is 0 Å². The minimum atomic E-state index is 0.324. The van der Waals surface area contributed by atoms with Gasteiger partial charge in [0, 0.05) is 5.38 Å². The molecule has 0 bridgehead atoms. The molecule has 0 atom stereocenters. The van der Waals surface area contributed by atoms with Gasteiger partial charge in [0.05, 0.1) is 5.56 Å². The lowest BCUT2D eigenvalue weighted by molar-refractivity contribution is 0.112. The van der Waals surface area contributed by atoms with E-state index in [4.69, 9.17) is 5.73 Å². The van der Waals surface area contributed by atoms with Crippen LogP contribution < -0.4 is 5.73 Å². The van der Waals surface area contributed by atoms with Crippen LogP contribution in [-0.2, 0) is 0 Å². The fourth-order valence-electron chi connectivity index (χ4n) is 0.341. The molecule has 42 valence electrons. The van der Waals surface area contributed by atoms with E-state index in [1.54, 1.807) is 5.38 Å². The summed E-state index contributed by atoms with van der Waals surface area (Å²) in [7, 11) is 0. The Labute approximate surface area is 50.3 Å². The van der Waals surface area contributed by atoms with Crippen molar-refractivity contribution in [2.45, 2.75) is 0 Å². The molecule has 0 aliphatic carbocycles. The summed E-state index contributed by atoms with van der Waals surface area (Å²) < 4.78 is 3.68. The molecule has 1 heterocycles. The predicted molar refractivity (Wildman–Crippen MR) is 31.9 cm³/mol. The van der Waals surface area contributed by atoms with Gasteiger partial charge < -0.3 is 5.73 Å². The molecule has 0 saturated heterocycles. The zero-order chi connectivity index (χ0) is 5.98. The number of nitrogen functional groups attached to an aromatic ring is 1. The average molecular weight is 128 g/mol. The molecule has 0 aliphatic rings. The Morgan fingerprint density at radius 2 is 2.62 bits per heavy atom. The maximum Gasteiger partial charge on any atom is 0.154 e. The van der Waals surface area contributed by atoms with Crippen molar-refractivity contribution in [1.29, 1.82) is 0 Å². The minimum absolute atomic E-state index is 0.324. The number of hydrogen-bond acceptors (Lipinski definition) is 4. The van der Waals surface area contributed by atoms with Crippen LogP contribution in [0.2, 0.25) is 0 Å². The van der Waals surface area contributed by atoms with E-state index in [2.05, 4.69) is 4.37 Å². The zero-order valence-electron chi connectivity index (χ0n) is 4.00. The van der Waals surface area contributed by atoms with Crippen LogP contribution >= 0.6 is 11.5 Å². The molecule has 1 rings (SSSR count). The van der Waals surface area contributed by atoms with Gasteiger partial charge in [-0.1, -0.05) is 0 Å². The summed E-state index contributed by atoms with van der Waals surface area (Å²) >= 11 is 1.18. The van der Waals surface area contributed by atoms with E-state index in [0.717, 1.165) is 0 Å². The SMILES string of the molecule is Nc1nscc1C=O. The van der Waals surface area contributed by atoms with Crippen LogP contribution in [0.3, 0.4) is 0 Å². The molecule has 0 unspecified atom stereocenters. The highest BCUT2D eigenvalue weighted by Crippen LogP contribution is 2.07. The number of carbonyl (C=O) groups excluding carboxylic acids is 1. The van der Waals surface area contributed by atoms with Gasteiger partial charge in [0.25, 0.3) is 0 Å². The van der Waals surface area contributed by atoms with Crippen molar-refractivity contribution < 1.29 is 4.79 Å². The van der Waals surface area contributed by atoms with E-state index in [0.29, 0.717) is 17.7 Å². The second kappa shape index (κ2) is 1.92. The molecule has 0 radical (unpaired) electrons. The molecule has 1 aromatic heterocycles. The van der Waals surface area contributed by atoms with Crippen LogP contribution in [0.15, 0.2) is 5.38 Å². The molecule has 1 aromatic rings. The van der Waals surface area contributed by atoms with Crippen LogP contribution in [0.1, 0.15) is 10.4 Å². The van der Waals surface area contributed by atoms with Gasteiger partial charge in [-0.2, -0.15) is 4.37 Å². The Kier molecular flexibility index (Phi) is 1.26. The molecule has 0 spiro atoms. The minimum Gasteiger partial charge on any atom is -0.382 e. The van der Waals surface area contributed by atoms with Gasteiger partial charge in [-0.3, -0.25) is 4.79 Å². The molecule has 2 N–H and O–H groups in total. The van der Waals surface area contributed by atoms with Crippen molar-refractivity contribution >= 4 is 23.6 Å². The van der Waals surface area contributed by atoms with Gasteiger partial charge in [-0.25, -0.2) is 0 Å². The van der Waals surface area contributed by atoms with E-state index in [-0.39, 0.29) is 0 Å². The third kappa shape index (κ3) is 0.696. The fraction of sp³-hybridized carbons (Fsp3) is 0. The summed E-state index contributed by atoms with van der Waals surface area (Å²) in [5.41, 5.74) is 5.70. The topological polar surface area (TPSA) is 56.0 Å². The first kappa shape index (κ1) is 5.24. The Morgan fingerprint density at radius 3 is 2.88 bits per heavy atom. The predicted octanol–water partition coefficient (Wildman–Crippen LogP) is 0.538. The van der Waals surface area contributed by atoms with Gasteiger partial charge in [0.1, 0.15) is 5.82 Å². The van der Waals surface area contributed by atoms with Crippen LogP contribution in [0, 0.1) is 0 Å². The van der Waals surface area contributed by atoms with E-state index in [9.17, 15) is 4.79 Å². The zero-order valence-corrected chi connectivity index (χ0v) is 4.81. The van der Waals surface area contributed by atoms with Gasteiger partial charge in [0.15, 0.2) is 6.29 Å². The first-order chi connectivity index (χ1) is 3.84. The second-order valence-electron chi connectivity index (χ2n) is 1.27. The van der Waals surface area contributed by atoms with Crippen molar-refractivity contribution in [2.75, 3.05) is 5.73 Å². The summed E-state index contributed by atoms with van der Waals surface area (Å²) in [6, 6.07) is 0. The van der Waals surface area contributed by atoms with Gasteiger partial charge in [-0.05, 0) is 11.5 Å². The number of rotatable bonds is 1. The standard InChI is InChI=1S/C4H4N2OS/c5-4-3(1-7)2-8-6-4/h1-2H,(H2,5,6). The van der Waals surface area contributed by atoms with Gasteiger partial charge >= 0.3 is 0 Å². The molecule has 8 heavy (non-hydrogen) atoms. The van der Waals surface area contributed by atoms with Crippen LogP contribution in [-0.4, -0.2) is 10.7 Å². The number of hydrogen-bond donors (Lipinski definition) is 1. The van der Waals surface area contributed by atoms with E-state index in [1.807, 2.05) is 0 Å². The molecule has 3 nitrogen and oxygen atoms in total. The molecule has 0 saturated carbocycles. The Bertz CT molecular complexity index is 196. The van der Waals surface area contributed by atoms with Crippen molar-refractivity contribution in [3.05, 3.63) is 10.9 Å². The Morgan fingerprint density at radius 1 is 1.88 bits per heavy atom. The Balaban J connectivity index is 3.09. The maximum atomic E-state index is 9.98. The van der Waals surface area contributed by atoms with Crippen molar-refractivity contribution in [1.82, 2.24) is 4.37 Å². The number of aldehydes is 1. The van der Waals surface area contributed by atoms with Crippen LogP contribution in [0.5, 0.6) is 0 Å². The first-order valence-electron chi connectivity index (χ1n) is 1.99. The number of nitrogens with zero attached hydrogens (tertiary/aromatic N) is 1. The summed E-state index contributed by atoms with van der Waals surface area (Å²) in [6.45, 7) is 0. The molecule has 0 aromatic carbocycles. The fourth-order valence-corrected chi connectivity index (χ4v) is 0.903. The number of aromatic nitrogens is 1. The number of nitrogens with two attached hydrogens (primary N) is 1. The monoisotopic (exact) mass is 128 g/mol. The third-order valence-electron chi connectivity index (χ3n) is 0.753. The lowest BCUT2D eigenvalue weighted by atomic mass is 10.4. The smallest absolute Gasteiger partial charge is 0.154 e. The maximum absolute atomic E-state index is 9.98. The van der Waals surface area contributed by atoms with Gasteiger partial charge in [0.2, 0.25) is 0 Å². The van der Waals surface area contributed by atoms with Gasteiger partial charge in [-0.15, -0.1) is 0 Å². The van der Waals surface area contributed by atoms with E-state index in [1.165, 1.54) is 11.5 Å². The molecule has 0 amide bonds. The molecule has 0 aliphatic heterocycles. The van der Waals surface area contributed by atoms with Crippen LogP contribution in [0.4, 0.5) is 5.82 Å². The normalized spacial score (nSPS) is 9.00. The highest BCUT2D eigenvalue weighted by Gasteiger charge is 1.96. The lowest BCUT2D eigenvalue weighted by Crippen LogP contribution is -1.87. The molecule has 4 heteroatoms. The summed E-state index contributed by atoms with van der Waals surface area (Å²) in [6.07, 6.45) is 0.693. The lowest BCUT2D eigenvalue weighted by Gasteiger charge is -1.78. The number of anilines is 1. The third-order valence-corrected chi connectivity index (χ3v) is 1.41. The van der Waals surface area contributed by atoms with Crippen molar-refractivity contribution in [2.24, 2.45) is 0 Å². The molecular weight excluding hydrogens is 124 g/mol. The quantitative estimate of drug-likeness (QED) is 0.561. The summed E-state index contributed by atoms with van der Waals surface area (Å²) in [4.78, 5) is 9.98. The average Bonchev–Trinajstić information content (AvgIpc) is 2.14. The molecular formula is C4H4N2OS. The highest BCUT2D eigenvalue weighted by atomic mass is 32.1. The summed E-state index contributed by atoms with van der Waals surface area (Å²) in [5, 5.41) is 1.61.